The maximum Gasteiger partial charge on any atom is 0.405 e. The Bertz CT molecular complexity index is 768. The van der Waals surface area contributed by atoms with Gasteiger partial charge >= 0.3 is 6.18 Å². The van der Waals surface area contributed by atoms with E-state index in [1.807, 2.05) is 10.2 Å². The Kier molecular flexibility index (Phi) is 5.73. The Morgan fingerprint density at radius 1 is 1.22 bits per heavy atom. The molecule has 0 bridgehead atoms. The van der Waals surface area contributed by atoms with Crippen LogP contribution in [-0.4, -0.2) is 46.8 Å². The van der Waals surface area contributed by atoms with Crippen LogP contribution in [0.2, 0.25) is 0 Å². The number of carbonyl (C=O) groups excluding carboxylic acids is 1. The van der Waals surface area contributed by atoms with Crippen LogP contribution in [0.4, 0.5) is 17.6 Å². The fourth-order valence-corrected chi connectivity index (χ4v) is 2.91. The molecule has 146 valence electrons. The average Bonchev–Trinajstić information content (AvgIpc) is 3.09. The molecule has 0 unspecified atom stereocenters. The highest BCUT2D eigenvalue weighted by atomic mass is 19.4. The van der Waals surface area contributed by atoms with Crippen molar-refractivity contribution >= 4 is 5.91 Å². The summed E-state index contributed by atoms with van der Waals surface area (Å²) >= 11 is 0. The van der Waals surface area contributed by atoms with E-state index in [4.69, 9.17) is 4.52 Å². The normalized spacial score (nSPS) is 16.4. The van der Waals surface area contributed by atoms with Gasteiger partial charge in [-0.25, -0.2) is 4.39 Å². The molecule has 2 aromatic rings. The van der Waals surface area contributed by atoms with Gasteiger partial charge in [-0.3, -0.25) is 9.69 Å². The minimum absolute atomic E-state index is 0.284. The average molecular weight is 386 g/mol. The molecule has 1 saturated heterocycles. The summed E-state index contributed by atoms with van der Waals surface area (Å²) in [5.41, 5.74) is 0.607. The zero-order valence-electron chi connectivity index (χ0n) is 14.3. The summed E-state index contributed by atoms with van der Waals surface area (Å²) in [5, 5.41) is 5.83. The number of amides is 1. The van der Waals surface area contributed by atoms with E-state index in [1.54, 1.807) is 0 Å². The van der Waals surface area contributed by atoms with Gasteiger partial charge in [-0.2, -0.15) is 18.2 Å². The molecule has 10 heteroatoms. The summed E-state index contributed by atoms with van der Waals surface area (Å²) in [5.74, 6) is -0.616. The molecule has 1 fully saturated rings. The first-order chi connectivity index (χ1) is 12.8. The van der Waals surface area contributed by atoms with Crippen LogP contribution in [0.5, 0.6) is 0 Å². The number of aromatic nitrogens is 2. The van der Waals surface area contributed by atoms with Crippen molar-refractivity contribution in [3.05, 3.63) is 35.9 Å². The lowest BCUT2D eigenvalue weighted by molar-refractivity contribution is -0.141. The molecule has 0 spiro atoms. The van der Waals surface area contributed by atoms with Gasteiger partial charge in [-0.1, -0.05) is 5.16 Å². The van der Waals surface area contributed by atoms with Gasteiger partial charge in [0.05, 0.1) is 6.54 Å². The number of piperidine rings is 1. The molecule has 1 aromatic heterocycles. The molecule has 27 heavy (non-hydrogen) atoms. The number of alkyl halides is 3. The van der Waals surface area contributed by atoms with Gasteiger partial charge in [0.25, 0.3) is 5.89 Å². The van der Waals surface area contributed by atoms with Crippen molar-refractivity contribution in [2.75, 3.05) is 19.6 Å². The minimum Gasteiger partial charge on any atom is -0.347 e. The summed E-state index contributed by atoms with van der Waals surface area (Å²) in [7, 11) is 0. The number of benzene rings is 1. The Labute approximate surface area is 152 Å². The second-order valence-corrected chi connectivity index (χ2v) is 6.41. The number of halogens is 4. The number of hydrogen-bond donors (Lipinski definition) is 1. The smallest absolute Gasteiger partial charge is 0.347 e. The van der Waals surface area contributed by atoms with Gasteiger partial charge in [0, 0.05) is 11.5 Å². The number of hydrogen-bond acceptors (Lipinski definition) is 5. The quantitative estimate of drug-likeness (QED) is 0.801. The standard InChI is InChI=1S/C17H18F4N4O2/c18-13-3-1-12(2-4-13)16-23-14(24-27-16)9-25-7-5-11(6-8-25)15(26)22-10-17(19,20)21/h1-4,11H,5-10H2,(H,22,26). The lowest BCUT2D eigenvalue weighted by Crippen LogP contribution is -2.42. The second kappa shape index (κ2) is 8.03. The Balaban J connectivity index is 1.48. The molecule has 1 amide bonds. The Morgan fingerprint density at radius 2 is 1.89 bits per heavy atom. The highest BCUT2D eigenvalue weighted by Gasteiger charge is 2.31. The Morgan fingerprint density at radius 3 is 2.52 bits per heavy atom. The fourth-order valence-electron chi connectivity index (χ4n) is 2.91. The minimum atomic E-state index is -4.41. The third-order valence-corrected chi connectivity index (χ3v) is 4.35. The molecule has 0 radical (unpaired) electrons. The van der Waals surface area contributed by atoms with Crippen molar-refractivity contribution in [2.24, 2.45) is 5.92 Å². The lowest BCUT2D eigenvalue weighted by Gasteiger charge is -2.30. The van der Waals surface area contributed by atoms with E-state index in [0.29, 0.717) is 43.9 Å². The number of rotatable bonds is 5. The van der Waals surface area contributed by atoms with Crippen LogP contribution in [0.1, 0.15) is 18.7 Å². The predicted molar refractivity (Wildman–Crippen MR) is 86.8 cm³/mol. The number of nitrogens with one attached hydrogen (secondary N) is 1. The molecule has 3 rings (SSSR count). The zero-order chi connectivity index (χ0) is 19.4. The second-order valence-electron chi connectivity index (χ2n) is 6.41. The van der Waals surface area contributed by atoms with Crippen LogP contribution in [-0.2, 0) is 11.3 Å². The number of likely N-dealkylation sites (tertiary alicyclic amines) is 1. The topological polar surface area (TPSA) is 71.3 Å². The first kappa shape index (κ1) is 19.3. The van der Waals surface area contributed by atoms with Gasteiger partial charge in [-0.15, -0.1) is 0 Å². The van der Waals surface area contributed by atoms with Crippen LogP contribution in [0, 0.1) is 11.7 Å². The SMILES string of the molecule is O=C(NCC(F)(F)F)C1CCN(Cc2noc(-c3ccc(F)cc3)n2)CC1. The molecule has 1 aliphatic heterocycles. The van der Waals surface area contributed by atoms with Crippen LogP contribution in [0.15, 0.2) is 28.8 Å². The summed E-state index contributed by atoms with van der Waals surface area (Å²) < 4.78 is 54.6. The molecule has 6 nitrogen and oxygen atoms in total. The van der Waals surface area contributed by atoms with E-state index >= 15 is 0 Å². The van der Waals surface area contributed by atoms with Gasteiger partial charge in [0.1, 0.15) is 12.4 Å². The number of carbonyl (C=O) groups is 1. The molecular formula is C17H18F4N4O2. The van der Waals surface area contributed by atoms with E-state index < -0.39 is 24.5 Å². The summed E-state index contributed by atoms with van der Waals surface area (Å²) in [6.07, 6.45) is -3.48. The van der Waals surface area contributed by atoms with Crippen molar-refractivity contribution < 1.29 is 26.9 Å². The first-order valence-electron chi connectivity index (χ1n) is 8.45. The highest BCUT2D eigenvalue weighted by molar-refractivity contribution is 5.78. The summed E-state index contributed by atoms with van der Waals surface area (Å²) in [4.78, 5) is 18.1. The van der Waals surface area contributed by atoms with Crippen LogP contribution in [0.25, 0.3) is 11.5 Å². The third-order valence-electron chi connectivity index (χ3n) is 4.35. The third kappa shape index (κ3) is 5.49. The maximum atomic E-state index is 13.0. The van der Waals surface area contributed by atoms with Crippen LogP contribution >= 0.6 is 0 Å². The fraction of sp³-hybridized carbons (Fsp3) is 0.471. The summed E-state index contributed by atoms with van der Waals surface area (Å²) in [6.45, 7) is 0.192. The summed E-state index contributed by atoms with van der Waals surface area (Å²) in [6, 6.07) is 5.68. The molecule has 0 atom stereocenters. The Hall–Kier alpha value is -2.49. The van der Waals surface area contributed by atoms with E-state index in [1.165, 1.54) is 24.3 Å². The molecule has 1 aromatic carbocycles. The van der Waals surface area contributed by atoms with Crippen molar-refractivity contribution in [2.45, 2.75) is 25.6 Å². The number of nitrogens with zero attached hydrogens (tertiary/aromatic N) is 3. The highest BCUT2D eigenvalue weighted by Crippen LogP contribution is 2.21. The molecule has 1 N–H and O–H groups in total. The van der Waals surface area contributed by atoms with Gasteiger partial charge in [0.2, 0.25) is 5.91 Å². The van der Waals surface area contributed by atoms with E-state index in [9.17, 15) is 22.4 Å². The molecular weight excluding hydrogens is 368 g/mol. The zero-order valence-corrected chi connectivity index (χ0v) is 14.3. The molecule has 0 saturated carbocycles. The van der Waals surface area contributed by atoms with Gasteiger partial charge < -0.3 is 9.84 Å². The maximum absolute atomic E-state index is 13.0. The monoisotopic (exact) mass is 386 g/mol. The van der Waals surface area contributed by atoms with Crippen molar-refractivity contribution in [1.82, 2.24) is 20.4 Å². The van der Waals surface area contributed by atoms with Gasteiger partial charge in [-0.05, 0) is 50.2 Å². The van der Waals surface area contributed by atoms with Crippen molar-refractivity contribution in [3.8, 4) is 11.5 Å². The first-order valence-corrected chi connectivity index (χ1v) is 8.45. The van der Waals surface area contributed by atoms with Crippen LogP contribution in [0.3, 0.4) is 0 Å². The largest absolute Gasteiger partial charge is 0.405 e. The van der Waals surface area contributed by atoms with E-state index in [0.717, 1.165) is 0 Å². The van der Waals surface area contributed by atoms with Gasteiger partial charge in [0.15, 0.2) is 5.82 Å². The van der Waals surface area contributed by atoms with Crippen molar-refractivity contribution in [1.29, 1.82) is 0 Å². The molecule has 0 aliphatic carbocycles. The van der Waals surface area contributed by atoms with E-state index in [2.05, 4.69) is 10.1 Å². The molecule has 1 aliphatic rings. The van der Waals surface area contributed by atoms with E-state index in [-0.39, 0.29) is 11.7 Å². The lowest BCUT2D eigenvalue weighted by atomic mass is 9.96. The molecule has 2 heterocycles. The predicted octanol–water partition coefficient (Wildman–Crippen LogP) is 2.77. The van der Waals surface area contributed by atoms with Crippen molar-refractivity contribution in [3.63, 3.8) is 0 Å². The van der Waals surface area contributed by atoms with Crippen LogP contribution < -0.4 is 5.32 Å².